The maximum Gasteiger partial charge on any atom is 0.170 e. The van der Waals surface area contributed by atoms with Gasteiger partial charge in [0.25, 0.3) is 0 Å². The standard InChI is InChI=1S/C16H28N4O/c1-12(2)9-14(11-20(3)4)18-10-13-7-5-6-8-15(13)16(17)19-21/h5-8,12,14,18,21H,9-11H2,1-4H3,(H2,17,19). The summed E-state index contributed by atoms with van der Waals surface area (Å²) in [5.74, 6) is 0.794. The predicted molar refractivity (Wildman–Crippen MR) is 87.6 cm³/mol. The lowest BCUT2D eigenvalue weighted by molar-refractivity contribution is 0.305. The molecule has 4 N–H and O–H groups in total. The van der Waals surface area contributed by atoms with E-state index in [0.717, 1.165) is 24.1 Å². The summed E-state index contributed by atoms with van der Waals surface area (Å²) in [4.78, 5) is 2.19. The lowest BCUT2D eigenvalue weighted by Gasteiger charge is -2.24. The van der Waals surface area contributed by atoms with Crippen LogP contribution in [0.25, 0.3) is 0 Å². The summed E-state index contributed by atoms with van der Waals surface area (Å²) in [5, 5.41) is 15.5. The first-order valence-electron chi connectivity index (χ1n) is 7.38. The van der Waals surface area contributed by atoms with Gasteiger partial charge in [0.1, 0.15) is 0 Å². The molecular formula is C16H28N4O. The third-order valence-corrected chi connectivity index (χ3v) is 3.32. The Labute approximate surface area is 127 Å². The average molecular weight is 292 g/mol. The van der Waals surface area contributed by atoms with Crippen molar-refractivity contribution < 1.29 is 5.21 Å². The van der Waals surface area contributed by atoms with Crippen LogP contribution < -0.4 is 11.1 Å². The number of nitrogens with one attached hydrogen (secondary N) is 1. The Bertz CT molecular complexity index is 447. The number of nitrogens with two attached hydrogens (primary N) is 1. The quantitative estimate of drug-likeness (QED) is 0.296. The number of likely N-dealkylation sites (N-methyl/N-ethyl adjacent to an activating group) is 1. The van der Waals surface area contributed by atoms with Crippen LogP contribution in [0, 0.1) is 5.92 Å². The highest BCUT2D eigenvalue weighted by Crippen LogP contribution is 2.11. The zero-order chi connectivity index (χ0) is 15.8. The van der Waals surface area contributed by atoms with Gasteiger partial charge in [-0.05, 0) is 32.0 Å². The van der Waals surface area contributed by atoms with Crippen LogP contribution in [0.3, 0.4) is 0 Å². The van der Waals surface area contributed by atoms with E-state index in [1.165, 1.54) is 0 Å². The van der Waals surface area contributed by atoms with Crippen LogP contribution in [0.15, 0.2) is 29.4 Å². The van der Waals surface area contributed by atoms with Gasteiger partial charge in [0, 0.05) is 24.7 Å². The van der Waals surface area contributed by atoms with Crippen LogP contribution >= 0.6 is 0 Å². The van der Waals surface area contributed by atoms with E-state index in [9.17, 15) is 0 Å². The molecule has 0 saturated heterocycles. The highest BCUT2D eigenvalue weighted by molar-refractivity contribution is 5.98. The maximum absolute atomic E-state index is 8.86. The number of hydrogen-bond donors (Lipinski definition) is 3. The number of amidine groups is 1. The molecule has 0 aliphatic carbocycles. The molecule has 1 aromatic rings. The molecule has 0 amide bonds. The second kappa shape index (κ2) is 8.64. The van der Waals surface area contributed by atoms with Crippen molar-refractivity contribution >= 4 is 5.84 Å². The normalized spacial score (nSPS) is 13.9. The molecule has 0 heterocycles. The molecule has 0 saturated carbocycles. The Morgan fingerprint density at radius 2 is 2.00 bits per heavy atom. The van der Waals surface area contributed by atoms with Gasteiger partial charge in [-0.25, -0.2) is 0 Å². The van der Waals surface area contributed by atoms with E-state index in [2.05, 4.69) is 43.3 Å². The SMILES string of the molecule is CC(C)CC(CN(C)C)NCc1ccccc1C(N)=NO. The summed E-state index contributed by atoms with van der Waals surface area (Å²) in [6.45, 7) is 6.16. The summed E-state index contributed by atoms with van der Waals surface area (Å²) in [5.41, 5.74) is 7.55. The first-order valence-corrected chi connectivity index (χ1v) is 7.38. The molecule has 0 spiro atoms. The van der Waals surface area contributed by atoms with E-state index in [1.807, 2.05) is 24.3 Å². The van der Waals surface area contributed by atoms with Crippen molar-refractivity contribution in [3.05, 3.63) is 35.4 Å². The topological polar surface area (TPSA) is 73.9 Å². The largest absolute Gasteiger partial charge is 0.409 e. The molecule has 5 heteroatoms. The number of oxime groups is 1. The molecule has 0 aromatic heterocycles. The molecule has 5 nitrogen and oxygen atoms in total. The Hall–Kier alpha value is -1.59. The van der Waals surface area contributed by atoms with Gasteiger partial charge in [-0.3, -0.25) is 0 Å². The van der Waals surface area contributed by atoms with Crippen molar-refractivity contribution in [3.8, 4) is 0 Å². The van der Waals surface area contributed by atoms with Crippen molar-refractivity contribution in [3.63, 3.8) is 0 Å². The minimum Gasteiger partial charge on any atom is -0.409 e. The van der Waals surface area contributed by atoms with Gasteiger partial charge in [0.2, 0.25) is 0 Å². The van der Waals surface area contributed by atoms with E-state index in [4.69, 9.17) is 10.9 Å². The first kappa shape index (κ1) is 17.5. The fourth-order valence-electron chi connectivity index (χ4n) is 2.46. The lowest BCUT2D eigenvalue weighted by atomic mass is 10.0. The molecule has 118 valence electrons. The minimum atomic E-state index is 0.153. The molecule has 0 radical (unpaired) electrons. The Morgan fingerprint density at radius 1 is 1.33 bits per heavy atom. The molecule has 21 heavy (non-hydrogen) atoms. The van der Waals surface area contributed by atoms with Crippen LogP contribution in [-0.2, 0) is 6.54 Å². The average Bonchev–Trinajstić information content (AvgIpc) is 2.43. The van der Waals surface area contributed by atoms with Crippen LogP contribution in [0.1, 0.15) is 31.4 Å². The molecule has 0 fully saturated rings. The molecular weight excluding hydrogens is 264 g/mol. The van der Waals surface area contributed by atoms with Gasteiger partial charge in [0.05, 0.1) is 0 Å². The zero-order valence-electron chi connectivity index (χ0n) is 13.5. The molecule has 0 aliphatic heterocycles. The molecule has 1 atom stereocenters. The van der Waals surface area contributed by atoms with Crippen LogP contribution in [-0.4, -0.2) is 42.6 Å². The number of rotatable bonds is 8. The van der Waals surface area contributed by atoms with Gasteiger partial charge in [0.15, 0.2) is 5.84 Å². The van der Waals surface area contributed by atoms with Gasteiger partial charge >= 0.3 is 0 Å². The Morgan fingerprint density at radius 3 is 2.57 bits per heavy atom. The van der Waals surface area contributed by atoms with Gasteiger partial charge in [-0.1, -0.05) is 43.3 Å². The minimum absolute atomic E-state index is 0.153. The third kappa shape index (κ3) is 6.14. The fourth-order valence-corrected chi connectivity index (χ4v) is 2.46. The van der Waals surface area contributed by atoms with Crippen LogP contribution in [0.2, 0.25) is 0 Å². The number of nitrogens with zero attached hydrogens (tertiary/aromatic N) is 2. The predicted octanol–water partition coefficient (Wildman–Crippen LogP) is 1.85. The van der Waals surface area contributed by atoms with Crippen LogP contribution in [0.5, 0.6) is 0 Å². The van der Waals surface area contributed by atoms with E-state index >= 15 is 0 Å². The first-order chi connectivity index (χ1) is 9.93. The summed E-state index contributed by atoms with van der Waals surface area (Å²) in [6, 6.07) is 8.15. The summed E-state index contributed by atoms with van der Waals surface area (Å²) in [6.07, 6.45) is 1.11. The second-order valence-electron chi connectivity index (χ2n) is 6.11. The Balaban J connectivity index is 2.75. The molecule has 0 aliphatic rings. The van der Waals surface area contributed by atoms with Crippen molar-refractivity contribution in [2.24, 2.45) is 16.8 Å². The number of hydrogen-bond acceptors (Lipinski definition) is 4. The summed E-state index contributed by atoms with van der Waals surface area (Å²) >= 11 is 0. The summed E-state index contributed by atoms with van der Waals surface area (Å²) in [7, 11) is 4.17. The highest BCUT2D eigenvalue weighted by atomic mass is 16.4. The van der Waals surface area contributed by atoms with E-state index in [0.29, 0.717) is 18.5 Å². The van der Waals surface area contributed by atoms with Crippen molar-refractivity contribution in [1.29, 1.82) is 0 Å². The lowest BCUT2D eigenvalue weighted by Crippen LogP contribution is -2.39. The smallest absolute Gasteiger partial charge is 0.170 e. The monoisotopic (exact) mass is 292 g/mol. The molecule has 1 unspecified atom stereocenters. The maximum atomic E-state index is 8.86. The third-order valence-electron chi connectivity index (χ3n) is 3.32. The number of benzene rings is 1. The molecule has 1 aromatic carbocycles. The van der Waals surface area contributed by atoms with Gasteiger partial charge < -0.3 is 21.2 Å². The zero-order valence-corrected chi connectivity index (χ0v) is 13.5. The van der Waals surface area contributed by atoms with E-state index < -0.39 is 0 Å². The highest BCUT2D eigenvalue weighted by Gasteiger charge is 2.13. The van der Waals surface area contributed by atoms with Crippen molar-refractivity contribution in [2.75, 3.05) is 20.6 Å². The van der Waals surface area contributed by atoms with Gasteiger partial charge in [-0.15, -0.1) is 0 Å². The summed E-state index contributed by atoms with van der Waals surface area (Å²) < 4.78 is 0. The van der Waals surface area contributed by atoms with Gasteiger partial charge in [-0.2, -0.15) is 0 Å². The van der Waals surface area contributed by atoms with E-state index in [1.54, 1.807) is 0 Å². The van der Waals surface area contributed by atoms with Crippen molar-refractivity contribution in [1.82, 2.24) is 10.2 Å². The van der Waals surface area contributed by atoms with Crippen molar-refractivity contribution in [2.45, 2.75) is 32.9 Å². The Kier molecular flexibility index (Phi) is 7.19. The molecule has 1 rings (SSSR count). The fraction of sp³-hybridized carbons (Fsp3) is 0.562. The van der Waals surface area contributed by atoms with Crippen LogP contribution in [0.4, 0.5) is 0 Å². The molecule has 0 bridgehead atoms. The van der Waals surface area contributed by atoms with E-state index in [-0.39, 0.29) is 5.84 Å². The second-order valence-corrected chi connectivity index (χ2v) is 6.11.